The van der Waals surface area contributed by atoms with Crippen LogP contribution in [0.25, 0.3) is 11.1 Å². The van der Waals surface area contributed by atoms with Crippen LogP contribution in [0.4, 0.5) is 4.39 Å². The monoisotopic (exact) mass is 417 g/mol. The summed E-state index contributed by atoms with van der Waals surface area (Å²) in [6, 6.07) is 18.8. The lowest BCUT2D eigenvalue weighted by Crippen LogP contribution is -2.44. The van der Waals surface area contributed by atoms with Crippen LogP contribution >= 0.6 is 0 Å². The number of benzene rings is 2. The first-order valence-electron chi connectivity index (χ1n) is 10.8. The van der Waals surface area contributed by atoms with Crippen LogP contribution in [0.15, 0.2) is 73.1 Å². The Kier molecular flexibility index (Phi) is 6.42. The summed E-state index contributed by atoms with van der Waals surface area (Å²) in [5.74, 6) is -0.116. The van der Waals surface area contributed by atoms with E-state index in [0.717, 1.165) is 42.7 Å². The molecule has 1 N–H and O–H groups in total. The number of nitrogens with zero attached hydrogens (tertiary/aromatic N) is 2. The molecule has 2 heterocycles. The van der Waals surface area contributed by atoms with Crippen LogP contribution in [0, 0.1) is 11.2 Å². The number of amides is 1. The second-order valence-electron chi connectivity index (χ2n) is 8.34. The van der Waals surface area contributed by atoms with E-state index >= 15 is 0 Å². The highest BCUT2D eigenvalue weighted by Gasteiger charge is 2.44. The molecule has 0 unspecified atom stereocenters. The van der Waals surface area contributed by atoms with E-state index in [4.69, 9.17) is 0 Å². The molecule has 0 spiro atoms. The predicted octanol–water partition coefficient (Wildman–Crippen LogP) is 4.46. The van der Waals surface area contributed by atoms with E-state index in [1.165, 1.54) is 17.7 Å². The number of halogens is 1. The van der Waals surface area contributed by atoms with Crippen LogP contribution in [0.2, 0.25) is 0 Å². The van der Waals surface area contributed by atoms with Crippen molar-refractivity contribution in [2.45, 2.75) is 26.3 Å². The topological polar surface area (TPSA) is 45.2 Å². The number of nitrogens with one attached hydrogen (secondary N) is 1. The molecule has 1 atom stereocenters. The molecule has 160 valence electrons. The van der Waals surface area contributed by atoms with Crippen molar-refractivity contribution in [1.29, 1.82) is 0 Å². The predicted molar refractivity (Wildman–Crippen MR) is 121 cm³/mol. The summed E-state index contributed by atoms with van der Waals surface area (Å²) in [5.41, 5.74) is 3.89. The number of rotatable bonds is 7. The summed E-state index contributed by atoms with van der Waals surface area (Å²) in [6.45, 7) is 5.02. The molecule has 1 fully saturated rings. The molecular formula is C26H28FN3O. The Labute approximate surface area is 183 Å². The van der Waals surface area contributed by atoms with Gasteiger partial charge in [-0.25, -0.2) is 4.39 Å². The maximum atomic E-state index is 13.3. The van der Waals surface area contributed by atoms with Crippen LogP contribution in [-0.4, -0.2) is 35.4 Å². The van der Waals surface area contributed by atoms with Gasteiger partial charge in [0.1, 0.15) is 5.82 Å². The number of likely N-dealkylation sites (tertiary alicyclic amines) is 1. The number of hydrogen-bond acceptors (Lipinski definition) is 3. The maximum Gasteiger partial charge on any atom is 0.227 e. The minimum Gasteiger partial charge on any atom is -0.356 e. The molecule has 31 heavy (non-hydrogen) atoms. The summed E-state index contributed by atoms with van der Waals surface area (Å²) in [4.78, 5) is 19.6. The fraction of sp³-hybridized carbons (Fsp3) is 0.308. The van der Waals surface area contributed by atoms with Gasteiger partial charge in [0, 0.05) is 32.0 Å². The minimum atomic E-state index is -0.454. The molecule has 5 heteroatoms. The zero-order valence-electron chi connectivity index (χ0n) is 17.9. The van der Waals surface area contributed by atoms with Crippen LogP contribution in [-0.2, 0) is 17.8 Å². The summed E-state index contributed by atoms with van der Waals surface area (Å²) >= 11 is 0. The van der Waals surface area contributed by atoms with Gasteiger partial charge in [0.05, 0.1) is 5.41 Å². The second kappa shape index (κ2) is 9.40. The van der Waals surface area contributed by atoms with Gasteiger partial charge in [-0.2, -0.15) is 0 Å². The molecule has 1 saturated heterocycles. The average Bonchev–Trinajstić information content (AvgIpc) is 3.19. The van der Waals surface area contributed by atoms with Crippen LogP contribution in [0.1, 0.15) is 24.5 Å². The highest BCUT2D eigenvalue weighted by Crippen LogP contribution is 2.36. The van der Waals surface area contributed by atoms with Gasteiger partial charge < -0.3 is 5.32 Å². The van der Waals surface area contributed by atoms with Crippen molar-refractivity contribution < 1.29 is 9.18 Å². The summed E-state index contributed by atoms with van der Waals surface area (Å²) in [7, 11) is 0. The van der Waals surface area contributed by atoms with Gasteiger partial charge in [-0.15, -0.1) is 0 Å². The van der Waals surface area contributed by atoms with E-state index in [0.29, 0.717) is 13.0 Å². The Bertz CT molecular complexity index is 1020. The third-order valence-corrected chi connectivity index (χ3v) is 6.05. The first-order valence-corrected chi connectivity index (χ1v) is 10.8. The third kappa shape index (κ3) is 5.00. The van der Waals surface area contributed by atoms with Crippen LogP contribution in [0.3, 0.4) is 0 Å². The Morgan fingerprint density at radius 2 is 1.84 bits per heavy atom. The molecule has 4 nitrogen and oxygen atoms in total. The van der Waals surface area contributed by atoms with E-state index in [1.54, 1.807) is 12.1 Å². The van der Waals surface area contributed by atoms with Crippen LogP contribution in [0.5, 0.6) is 0 Å². The van der Waals surface area contributed by atoms with Crippen molar-refractivity contribution in [2.24, 2.45) is 5.41 Å². The van der Waals surface area contributed by atoms with Crippen molar-refractivity contribution in [1.82, 2.24) is 15.2 Å². The number of hydrogen-bond donors (Lipinski definition) is 1. The fourth-order valence-corrected chi connectivity index (χ4v) is 4.49. The summed E-state index contributed by atoms with van der Waals surface area (Å²) < 4.78 is 13.3. The molecule has 1 aromatic heterocycles. The number of carbonyl (C=O) groups is 1. The molecule has 0 radical (unpaired) electrons. The van der Waals surface area contributed by atoms with E-state index in [2.05, 4.69) is 27.3 Å². The Morgan fingerprint density at radius 3 is 2.58 bits per heavy atom. The highest BCUT2D eigenvalue weighted by atomic mass is 19.1. The minimum absolute atomic E-state index is 0.124. The van der Waals surface area contributed by atoms with Gasteiger partial charge in [-0.1, -0.05) is 36.4 Å². The quantitative estimate of drug-likeness (QED) is 0.617. The van der Waals surface area contributed by atoms with E-state index in [1.807, 2.05) is 43.6 Å². The average molecular weight is 418 g/mol. The van der Waals surface area contributed by atoms with Gasteiger partial charge >= 0.3 is 0 Å². The van der Waals surface area contributed by atoms with E-state index in [9.17, 15) is 9.18 Å². The zero-order chi connectivity index (χ0) is 21.7. The molecule has 1 aliphatic heterocycles. The largest absolute Gasteiger partial charge is 0.356 e. The highest BCUT2D eigenvalue weighted by molar-refractivity contribution is 5.83. The lowest BCUT2D eigenvalue weighted by atomic mass is 9.79. The summed E-state index contributed by atoms with van der Waals surface area (Å²) in [6.07, 6.45) is 5.12. The van der Waals surface area contributed by atoms with Gasteiger partial charge in [0.2, 0.25) is 5.91 Å². The SMILES string of the molecule is CCNC(=O)[C@]1(Cc2cccc(-c3ccc(F)cc3)c2)CCN(Cc2ccncc2)C1. The van der Waals surface area contributed by atoms with E-state index < -0.39 is 5.41 Å². The van der Waals surface area contributed by atoms with Crippen molar-refractivity contribution in [3.05, 3.63) is 90.0 Å². The normalized spacial score (nSPS) is 18.8. The Hall–Kier alpha value is -3.05. The molecule has 0 bridgehead atoms. The maximum absolute atomic E-state index is 13.3. The first kappa shape index (κ1) is 21.2. The molecular weight excluding hydrogens is 389 g/mol. The number of aromatic nitrogens is 1. The lowest BCUT2D eigenvalue weighted by Gasteiger charge is -2.28. The molecule has 3 aromatic rings. The fourth-order valence-electron chi connectivity index (χ4n) is 4.49. The number of pyridine rings is 1. The molecule has 0 saturated carbocycles. The van der Waals surface area contributed by atoms with Crippen molar-refractivity contribution >= 4 is 5.91 Å². The van der Waals surface area contributed by atoms with Gasteiger partial charge in [-0.05, 0) is 72.8 Å². The molecule has 4 rings (SSSR count). The smallest absolute Gasteiger partial charge is 0.227 e. The Morgan fingerprint density at radius 1 is 1.06 bits per heavy atom. The second-order valence-corrected chi connectivity index (χ2v) is 8.34. The van der Waals surface area contributed by atoms with Crippen molar-refractivity contribution in [3.63, 3.8) is 0 Å². The van der Waals surface area contributed by atoms with Gasteiger partial charge in [0.25, 0.3) is 0 Å². The standard InChI is InChI=1S/C26H28FN3O/c1-2-29-25(31)26(12-15-30(19-26)18-20-10-13-28-14-11-20)17-21-4-3-5-23(16-21)22-6-8-24(27)9-7-22/h3-11,13-14,16H,2,12,15,17-19H2,1H3,(H,29,31)/t26-/m0/s1. The number of carbonyl (C=O) groups excluding carboxylic acids is 1. The van der Waals surface area contributed by atoms with E-state index in [-0.39, 0.29) is 11.7 Å². The lowest BCUT2D eigenvalue weighted by molar-refractivity contribution is -0.130. The van der Waals surface area contributed by atoms with Crippen molar-refractivity contribution in [2.75, 3.05) is 19.6 Å². The van der Waals surface area contributed by atoms with Gasteiger partial charge in [-0.3, -0.25) is 14.7 Å². The van der Waals surface area contributed by atoms with Crippen LogP contribution < -0.4 is 5.32 Å². The summed E-state index contributed by atoms with van der Waals surface area (Å²) in [5, 5.41) is 3.07. The first-order chi connectivity index (χ1) is 15.1. The molecule has 1 aliphatic rings. The molecule has 1 amide bonds. The third-order valence-electron chi connectivity index (χ3n) is 6.05. The molecule has 0 aliphatic carbocycles. The molecule has 2 aromatic carbocycles. The van der Waals surface area contributed by atoms with Gasteiger partial charge in [0.15, 0.2) is 0 Å². The zero-order valence-corrected chi connectivity index (χ0v) is 17.9. The van der Waals surface area contributed by atoms with Crippen molar-refractivity contribution in [3.8, 4) is 11.1 Å². The Balaban J connectivity index is 1.56.